The van der Waals surface area contributed by atoms with E-state index in [1.165, 1.54) is 11.8 Å². The van der Waals surface area contributed by atoms with Crippen LogP contribution in [0.1, 0.15) is 11.1 Å². The summed E-state index contributed by atoms with van der Waals surface area (Å²) in [6.45, 7) is 0. The van der Waals surface area contributed by atoms with Crippen LogP contribution in [0.4, 0.5) is 0 Å². The van der Waals surface area contributed by atoms with Gasteiger partial charge in [0.15, 0.2) is 0 Å². The van der Waals surface area contributed by atoms with Crippen LogP contribution < -0.4 is 0 Å². The van der Waals surface area contributed by atoms with Gasteiger partial charge in [-0.1, -0.05) is 0 Å². The molecule has 80 valence electrons. The molecule has 2 rings (SSSR count). The maximum absolute atomic E-state index is 8.93. The van der Waals surface area contributed by atoms with Gasteiger partial charge in [-0.15, -0.1) is 0 Å². The van der Waals surface area contributed by atoms with Crippen molar-refractivity contribution in [3.8, 4) is 12.1 Å². The van der Waals surface area contributed by atoms with Crippen molar-refractivity contribution < 1.29 is 0 Å². The normalized spacial score (nSPS) is 9.29. The second kappa shape index (κ2) is 5.11. The molecule has 2 aromatic heterocycles. The number of pyridine rings is 2. The molecule has 0 aliphatic heterocycles. The van der Waals surface area contributed by atoms with Crippen molar-refractivity contribution in [3.05, 3.63) is 47.8 Å². The summed E-state index contributed by atoms with van der Waals surface area (Å²) >= 11 is 1.22. The van der Waals surface area contributed by atoms with Gasteiger partial charge in [0.2, 0.25) is 0 Å². The van der Waals surface area contributed by atoms with Gasteiger partial charge in [-0.3, -0.25) is 0 Å². The number of hydrogen-bond donors (Lipinski definition) is 0. The van der Waals surface area contributed by atoms with Gasteiger partial charge in [0, 0.05) is 12.4 Å². The lowest BCUT2D eigenvalue weighted by Gasteiger charge is -2.02. The van der Waals surface area contributed by atoms with Crippen LogP contribution in [-0.2, 0) is 0 Å². The molecule has 0 aliphatic rings. The molecule has 0 fully saturated rings. The lowest BCUT2D eigenvalue weighted by atomic mass is 10.3. The first-order valence-corrected chi connectivity index (χ1v) is 5.55. The Bertz CT molecular complexity index is 569. The minimum absolute atomic E-state index is 0.479. The lowest BCUT2D eigenvalue weighted by molar-refractivity contribution is 1.07. The van der Waals surface area contributed by atoms with Gasteiger partial charge in [0.1, 0.15) is 22.2 Å². The fraction of sp³-hybridized carbons (Fsp3) is 0. The van der Waals surface area contributed by atoms with Crippen LogP contribution in [0, 0.1) is 22.7 Å². The first kappa shape index (κ1) is 11.1. The van der Waals surface area contributed by atoms with Crippen molar-refractivity contribution in [1.82, 2.24) is 9.97 Å². The predicted octanol–water partition coefficient (Wildman–Crippen LogP) is 2.37. The van der Waals surface area contributed by atoms with Crippen molar-refractivity contribution in [1.29, 1.82) is 10.5 Å². The van der Waals surface area contributed by atoms with E-state index in [0.717, 1.165) is 0 Å². The van der Waals surface area contributed by atoms with E-state index in [9.17, 15) is 0 Å². The third-order valence-electron chi connectivity index (χ3n) is 1.98. The highest BCUT2D eigenvalue weighted by atomic mass is 32.2. The smallest absolute Gasteiger partial charge is 0.120 e. The van der Waals surface area contributed by atoms with E-state index < -0.39 is 0 Å². The Balaban J connectivity index is 2.40. The molecule has 0 bridgehead atoms. The van der Waals surface area contributed by atoms with Gasteiger partial charge < -0.3 is 0 Å². The van der Waals surface area contributed by atoms with Crippen molar-refractivity contribution >= 4 is 11.8 Å². The Morgan fingerprint density at radius 2 is 1.35 bits per heavy atom. The molecule has 2 aromatic rings. The lowest BCUT2D eigenvalue weighted by Crippen LogP contribution is -1.89. The molecule has 0 saturated heterocycles. The summed E-state index contributed by atoms with van der Waals surface area (Å²) in [4.78, 5) is 8.22. The van der Waals surface area contributed by atoms with Crippen molar-refractivity contribution in [2.24, 2.45) is 0 Å². The first-order chi connectivity index (χ1) is 8.35. The first-order valence-electron chi connectivity index (χ1n) is 4.73. The summed E-state index contributed by atoms with van der Waals surface area (Å²) in [7, 11) is 0. The topological polar surface area (TPSA) is 73.4 Å². The van der Waals surface area contributed by atoms with Crippen molar-refractivity contribution in [2.45, 2.75) is 10.1 Å². The third kappa shape index (κ3) is 2.41. The number of hydrogen-bond acceptors (Lipinski definition) is 5. The molecule has 0 atom stereocenters. The molecule has 0 amide bonds. The Hall–Kier alpha value is -2.37. The molecular weight excluding hydrogens is 232 g/mol. The molecule has 0 radical (unpaired) electrons. The molecule has 0 aliphatic carbocycles. The molecule has 4 nitrogen and oxygen atoms in total. The van der Waals surface area contributed by atoms with E-state index in [-0.39, 0.29) is 0 Å². The van der Waals surface area contributed by atoms with Crippen LogP contribution in [-0.4, -0.2) is 9.97 Å². The van der Waals surface area contributed by atoms with Crippen LogP contribution in [0.5, 0.6) is 0 Å². The minimum atomic E-state index is 0.479. The molecule has 0 spiro atoms. The van der Waals surface area contributed by atoms with Gasteiger partial charge >= 0.3 is 0 Å². The molecule has 17 heavy (non-hydrogen) atoms. The Labute approximate surface area is 103 Å². The van der Waals surface area contributed by atoms with Crippen molar-refractivity contribution in [3.63, 3.8) is 0 Å². The molecular formula is C12H6N4S. The maximum atomic E-state index is 8.93. The van der Waals surface area contributed by atoms with E-state index >= 15 is 0 Å². The zero-order valence-electron chi connectivity index (χ0n) is 8.66. The highest BCUT2D eigenvalue weighted by Gasteiger charge is 2.09. The molecule has 0 aromatic carbocycles. The van der Waals surface area contributed by atoms with Crippen molar-refractivity contribution in [2.75, 3.05) is 0 Å². The van der Waals surface area contributed by atoms with Crippen LogP contribution in [0.15, 0.2) is 46.7 Å². The van der Waals surface area contributed by atoms with Gasteiger partial charge in [0.25, 0.3) is 0 Å². The fourth-order valence-electron chi connectivity index (χ4n) is 1.21. The molecule has 0 saturated carbocycles. The zero-order chi connectivity index (χ0) is 12.1. The fourth-order valence-corrected chi connectivity index (χ4v) is 2.06. The average molecular weight is 238 g/mol. The summed E-state index contributed by atoms with van der Waals surface area (Å²) in [5.41, 5.74) is 0.957. The Morgan fingerprint density at radius 1 is 0.882 bits per heavy atom. The van der Waals surface area contributed by atoms with E-state index in [2.05, 4.69) is 22.1 Å². The van der Waals surface area contributed by atoms with E-state index in [1.54, 1.807) is 36.7 Å². The zero-order valence-corrected chi connectivity index (χ0v) is 9.48. The summed E-state index contributed by atoms with van der Waals surface area (Å²) in [6.07, 6.45) is 3.22. The Kier molecular flexibility index (Phi) is 3.34. The highest BCUT2D eigenvalue weighted by Crippen LogP contribution is 2.28. The summed E-state index contributed by atoms with van der Waals surface area (Å²) in [6, 6.07) is 10.9. The van der Waals surface area contributed by atoms with Gasteiger partial charge in [-0.05, 0) is 36.0 Å². The molecule has 2 heterocycles. The number of rotatable bonds is 2. The van der Waals surface area contributed by atoms with E-state index in [1.807, 2.05) is 0 Å². The number of nitriles is 2. The summed E-state index contributed by atoms with van der Waals surface area (Å²) < 4.78 is 0. The van der Waals surface area contributed by atoms with Crippen LogP contribution in [0.2, 0.25) is 0 Å². The molecule has 5 heteroatoms. The van der Waals surface area contributed by atoms with Crippen LogP contribution in [0.3, 0.4) is 0 Å². The minimum Gasteiger partial charge on any atom is -0.248 e. The monoisotopic (exact) mass is 238 g/mol. The van der Waals surface area contributed by atoms with E-state index in [0.29, 0.717) is 21.2 Å². The van der Waals surface area contributed by atoms with Crippen LogP contribution >= 0.6 is 11.8 Å². The largest absolute Gasteiger partial charge is 0.248 e. The summed E-state index contributed by atoms with van der Waals surface area (Å²) in [5.74, 6) is 0. The third-order valence-corrected chi connectivity index (χ3v) is 3.01. The van der Waals surface area contributed by atoms with E-state index in [4.69, 9.17) is 10.5 Å². The van der Waals surface area contributed by atoms with Gasteiger partial charge in [0.05, 0.1) is 11.1 Å². The predicted molar refractivity (Wildman–Crippen MR) is 62.0 cm³/mol. The second-order valence-electron chi connectivity index (χ2n) is 3.04. The SMILES string of the molecule is N#Cc1cccnc1Sc1ncccc1C#N. The van der Waals surface area contributed by atoms with Gasteiger partial charge in [-0.2, -0.15) is 10.5 Å². The standard InChI is InChI=1S/C12H6N4S/c13-7-9-3-1-5-15-11(9)17-12-10(8-14)4-2-6-16-12/h1-6H. The molecule has 0 unspecified atom stereocenters. The molecule has 0 N–H and O–H groups in total. The summed E-state index contributed by atoms with van der Waals surface area (Å²) in [5, 5.41) is 19.0. The quantitative estimate of drug-likeness (QED) is 0.803. The maximum Gasteiger partial charge on any atom is 0.120 e. The average Bonchev–Trinajstić information content (AvgIpc) is 2.40. The Morgan fingerprint density at radius 3 is 1.76 bits per heavy atom. The second-order valence-corrected chi connectivity index (χ2v) is 4.02. The van der Waals surface area contributed by atoms with Gasteiger partial charge in [-0.25, -0.2) is 9.97 Å². The van der Waals surface area contributed by atoms with Crippen LogP contribution in [0.25, 0.3) is 0 Å². The number of nitrogens with zero attached hydrogens (tertiary/aromatic N) is 4. The highest BCUT2D eigenvalue weighted by molar-refractivity contribution is 7.99. The number of aromatic nitrogens is 2.